The second-order valence-electron chi connectivity index (χ2n) is 3.15. The maximum Gasteiger partial charge on any atom is 0.471 e. The Kier molecular flexibility index (Phi) is 3.30. The number of amides is 1. The van der Waals surface area contributed by atoms with Crippen molar-refractivity contribution in [2.24, 2.45) is 5.92 Å². The first-order chi connectivity index (χ1) is 6.45. The lowest BCUT2D eigenvalue weighted by Gasteiger charge is -2.17. The molecule has 0 saturated carbocycles. The molecule has 0 aromatic rings. The normalized spacial score (nSPS) is 27.7. The topological polar surface area (TPSA) is 41.1 Å². The third kappa shape index (κ3) is 2.57. The Balaban J connectivity index is 2.48. The molecule has 2 N–H and O–H groups in total. The average Bonchev–Trinajstić information content (AvgIpc) is 2.50. The molecule has 1 heterocycles. The van der Waals surface area contributed by atoms with Crippen LogP contribution in [0.3, 0.4) is 0 Å². The van der Waals surface area contributed by atoms with Crippen molar-refractivity contribution in [3.8, 4) is 0 Å². The smallest absolute Gasteiger partial charge is 0.344 e. The van der Waals surface area contributed by atoms with Crippen LogP contribution in [0.5, 0.6) is 0 Å². The molecule has 1 fully saturated rings. The Labute approximate surface area is 77.8 Å². The van der Waals surface area contributed by atoms with Gasteiger partial charge in [0.2, 0.25) is 0 Å². The Morgan fingerprint density at radius 1 is 1.43 bits per heavy atom. The lowest BCUT2D eigenvalue weighted by molar-refractivity contribution is -0.174. The lowest BCUT2D eigenvalue weighted by atomic mass is 10.1. The largest absolute Gasteiger partial charge is 0.471 e. The highest BCUT2D eigenvalue weighted by Gasteiger charge is 2.41. The molecule has 14 heavy (non-hydrogen) atoms. The van der Waals surface area contributed by atoms with Crippen molar-refractivity contribution in [3.05, 3.63) is 0 Å². The van der Waals surface area contributed by atoms with E-state index in [1.807, 2.05) is 0 Å². The minimum absolute atomic E-state index is 0.177. The van der Waals surface area contributed by atoms with Gasteiger partial charge in [-0.25, -0.2) is 0 Å². The molecule has 1 amide bonds. The minimum atomic E-state index is -4.90. The first-order valence-corrected chi connectivity index (χ1v) is 4.09. The van der Waals surface area contributed by atoms with Crippen molar-refractivity contribution >= 4 is 5.91 Å². The van der Waals surface area contributed by atoms with Crippen LogP contribution in [-0.2, 0) is 4.79 Å². The highest BCUT2D eigenvalue weighted by atomic mass is 19.4. The fourth-order valence-electron chi connectivity index (χ4n) is 1.31. The van der Waals surface area contributed by atoms with Gasteiger partial charge >= 0.3 is 12.1 Å². The molecule has 3 nitrogen and oxygen atoms in total. The number of alkyl halides is 4. The van der Waals surface area contributed by atoms with E-state index in [-0.39, 0.29) is 6.54 Å². The van der Waals surface area contributed by atoms with Gasteiger partial charge in [-0.1, -0.05) is 0 Å². The van der Waals surface area contributed by atoms with Gasteiger partial charge in [0.25, 0.3) is 0 Å². The molecule has 0 aliphatic carbocycles. The molecule has 1 aliphatic heterocycles. The van der Waals surface area contributed by atoms with E-state index in [2.05, 4.69) is 5.32 Å². The molecular weight excluding hydrogens is 204 g/mol. The van der Waals surface area contributed by atoms with E-state index in [4.69, 9.17) is 0 Å². The molecule has 2 atom stereocenters. The van der Waals surface area contributed by atoms with Gasteiger partial charge in [-0.3, -0.25) is 9.18 Å². The molecule has 0 unspecified atom stereocenters. The van der Waals surface area contributed by atoms with E-state index < -0.39 is 30.7 Å². The molecule has 0 radical (unpaired) electrons. The molecule has 0 bridgehead atoms. The van der Waals surface area contributed by atoms with Crippen molar-refractivity contribution < 1.29 is 22.4 Å². The van der Waals surface area contributed by atoms with E-state index in [0.717, 1.165) is 0 Å². The van der Waals surface area contributed by atoms with Crippen molar-refractivity contribution in [1.82, 2.24) is 10.6 Å². The predicted octanol–water partition coefficient (Wildman–Crippen LogP) is 0.222. The van der Waals surface area contributed by atoms with E-state index in [1.54, 1.807) is 5.32 Å². The molecule has 7 heteroatoms. The first-order valence-electron chi connectivity index (χ1n) is 4.09. The minimum Gasteiger partial charge on any atom is -0.344 e. The Hall–Kier alpha value is -0.850. The summed E-state index contributed by atoms with van der Waals surface area (Å²) in [7, 11) is 0. The summed E-state index contributed by atoms with van der Waals surface area (Å²) in [5, 5.41) is 4.46. The SMILES string of the molecule is O=C(N[C@H]1CNC[C@H]1CF)C(F)(F)F. The van der Waals surface area contributed by atoms with Gasteiger partial charge in [0.1, 0.15) is 0 Å². The standard InChI is InChI=1S/C7H10F4N2O/c8-1-4-2-12-3-5(4)13-6(14)7(9,10)11/h4-5,12H,1-3H2,(H,13,14)/t4-,5+/m1/s1. The van der Waals surface area contributed by atoms with Crippen molar-refractivity contribution in [1.29, 1.82) is 0 Å². The highest BCUT2D eigenvalue weighted by Crippen LogP contribution is 2.17. The van der Waals surface area contributed by atoms with Gasteiger partial charge in [0, 0.05) is 25.0 Å². The molecule has 0 aromatic heterocycles. The van der Waals surface area contributed by atoms with Gasteiger partial charge < -0.3 is 10.6 Å². The number of halogens is 4. The van der Waals surface area contributed by atoms with Crippen LogP contribution in [0.2, 0.25) is 0 Å². The Bertz CT molecular complexity index is 218. The fraction of sp³-hybridized carbons (Fsp3) is 0.857. The van der Waals surface area contributed by atoms with Gasteiger partial charge in [-0.2, -0.15) is 13.2 Å². The molecule has 1 aliphatic rings. The van der Waals surface area contributed by atoms with Gasteiger partial charge in [0.05, 0.1) is 6.67 Å². The Morgan fingerprint density at radius 3 is 2.57 bits per heavy atom. The Morgan fingerprint density at radius 2 is 2.07 bits per heavy atom. The summed E-state index contributed by atoms with van der Waals surface area (Å²) >= 11 is 0. The van der Waals surface area contributed by atoms with Crippen molar-refractivity contribution in [2.45, 2.75) is 12.2 Å². The first kappa shape index (κ1) is 11.2. The summed E-state index contributed by atoms with van der Waals surface area (Å²) in [5.41, 5.74) is 0. The summed E-state index contributed by atoms with van der Waals surface area (Å²) in [6, 6.07) is -0.769. The van der Waals surface area contributed by atoms with Crippen molar-refractivity contribution in [3.63, 3.8) is 0 Å². The van der Waals surface area contributed by atoms with Gasteiger partial charge in [-0.05, 0) is 0 Å². The molecule has 1 rings (SSSR count). The van der Waals surface area contributed by atoms with Crippen molar-refractivity contribution in [2.75, 3.05) is 19.8 Å². The fourth-order valence-corrected chi connectivity index (χ4v) is 1.31. The number of hydrogen-bond donors (Lipinski definition) is 2. The summed E-state index contributed by atoms with van der Waals surface area (Å²) < 4.78 is 47.6. The number of hydrogen-bond acceptors (Lipinski definition) is 2. The second-order valence-corrected chi connectivity index (χ2v) is 3.15. The summed E-state index contributed by atoms with van der Waals surface area (Å²) in [4.78, 5) is 10.5. The third-order valence-corrected chi connectivity index (χ3v) is 2.11. The van der Waals surface area contributed by atoms with Gasteiger partial charge in [-0.15, -0.1) is 0 Å². The highest BCUT2D eigenvalue weighted by molar-refractivity contribution is 5.82. The van der Waals surface area contributed by atoms with E-state index in [0.29, 0.717) is 6.54 Å². The van der Waals surface area contributed by atoms with Crippen LogP contribution in [0.25, 0.3) is 0 Å². The number of rotatable bonds is 2. The quantitative estimate of drug-likeness (QED) is 0.646. The van der Waals surface area contributed by atoms with Gasteiger partial charge in [0.15, 0.2) is 0 Å². The van der Waals surface area contributed by atoms with E-state index in [1.165, 1.54) is 0 Å². The zero-order valence-electron chi connectivity index (χ0n) is 7.20. The number of nitrogens with one attached hydrogen (secondary N) is 2. The van der Waals surface area contributed by atoms with Crippen LogP contribution in [0.15, 0.2) is 0 Å². The second kappa shape index (κ2) is 4.12. The van der Waals surface area contributed by atoms with Crippen LogP contribution >= 0.6 is 0 Å². The monoisotopic (exact) mass is 214 g/mol. The lowest BCUT2D eigenvalue weighted by Crippen LogP contribution is -2.47. The van der Waals surface area contributed by atoms with Crippen LogP contribution < -0.4 is 10.6 Å². The van der Waals surface area contributed by atoms with Crippen LogP contribution in [0.4, 0.5) is 17.6 Å². The summed E-state index contributed by atoms with van der Waals surface area (Å²) in [6.45, 7) is -0.272. The molecule has 82 valence electrons. The summed E-state index contributed by atoms with van der Waals surface area (Å²) in [6.07, 6.45) is -4.90. The molecule has 0 aromatic carbocycles. The molecule has 1 saturated heterocycles. The van der Waals surface area contributed by atoms with Crippen LogP contribution in [-0.4, -0.2) is 37.9 Å². The van der Waals surface area contributed by atoms with Crippen LogP contribution in [0.1, 0.15) is 0 Å². The van der Waals surface area contributed by atoms with Crippen LogP contribution in [0, 0.1) is 5.92 Å². The maximum atomic E-state index is 12.2. The van der Waals surface area contributed by atoms with E-state index in [9.17, 15) is 22.4 Å². The number of carbonyl (C=O) groups is 1. The number of carbonyl (C=O) groups excluding carboxylic acids is 1. The zero-order valence-corrected chi connectivity index (χ0v) is 7.20. The molecule has 0 spiro atoms. The predicted molar refractivity (Wildman–Crippen MR) is 40.3 cm³/mol. The molecular formula is C7H10F4N2O. The maximum absolute atomic E-state index is 12.2. The third-order valence-electron chi connectivity index (χ3n) is 2.11. The summed E-state index contributed by atoms with van der Waals surface area (Å²) in [5.74, 6) is -2.58. The average molecular weight is 214 g/mol. The zero-order chi connectivity index (χ0) is 10.8. The van der Waals surface area contributed by atoms with E-state index >= 15 is 0 Å².